The minimum atomic E-state index is -0.0435. The molecule has 6 heteroatoms. The van der Waals surface area contributed by atoms with Gasteiger partial charge in [0.2, 0.25) is 5.91 Å². The smallest absolute Gasteiger partial charge is 0.294 e. The summed E-state index contributed by atoms with van der Waals surface area (Å²) in [5.41, 5.74) is 2.85. The van der Waals surface area contributed by atoms with Gasteiger partial charge in [-0.05, 0) is 30.0 Å². The molecule has 1 saturated heterocycles. The van der Waals surface area contributed by atoms with Gasteiger partial charge in [-0.15, -0.1) is 0 Å². The first-order chi connectivity index (χ1) is 15.1. The van der Waals surface area contributed by atoms with Gasteiger partial charge in [0.05, 0.1) is 11.0 Å². The van der Waals surface area contributed by atoms with Crippen molar-refractivity contribution in [3.8, 4) is 0 Å². The first kappa shape index (κ1) is 21.1. The maximum atomic E-state index is 13.2. The van der Waals surface area contributed by atoms with Gasteiger partial charge in [0.25, 0.3) is 5.56 Å². The highest BCUT2D eigenvalue weighted by atomic mass is 16.2. The van der Waals surface area contributed by atoms with Crippen molar-refractivity contribution in [2.24, 2.45) is 0 Å². The van der Waals surface area contributed by atoms with Crippen molar-refractivity contribution < 1.29 is 4.79 Å². The zero-order valence-electron chi connectivity index (χ0n) is 18.3. The number of carbonyl (C=O) groups is 1. The Hall–Kier alpha value is -3.15. The molecule has 162 valence electrons. The van der Waals surface area contributed by atoms with Crippen molar-refractivity contribution >= 4 is 22.8 Å². The highest BCUT2D eigenvalue weighted by Crippen LogP contribution is 2.21. The molecule has 31 heavy (non-hydrogen) atoms. The number of anilines is 1. The van der Waals surface area contributed by atoms with Crippen LogP contribution in [0.1, 0.15) is 38.2 Å². The molecule has 1 amide bonds. The van der Waals surface area contributed by atoms with Gasteiger partial charge in [-0.3, -0.25) is 9.59 Å². The Morgan fingerprint density at radius 3 is 2.39 bits per heavy atom. The fourth-order valence-corrected chi connectivity index (χ4v) is 4.29. The molecule has 0 saturated carbocycles. The van der Waals surface area contributed by atoms with Gasteiger partial charge in [0.15, 0.2) is 5.82 Å². The number of aromatic nitrogens is 2. The van der Waals surface area contributed by atoms with Crippen LogP contribution in [0.5, 0.6) is 0 Å². The molecule has 0 spiro atoms. The molecule has 1 aliphatic heterocycles. The molecule has 1 unspecified atom stereocenters. The van der Waals surface area contributed by atoms with Gasteiger partial charge in [0.1, 0.15) is 0 Å². The van der Waals surface area contributed by atoms with E-state index in [4.69, 9.17) is 0 Å². The summed E-state index contributed by atoms with van der Waals surface area (Å²) in [5, 5.41) is 0. The predicted molar refractivity (Wildman–Crippen MR) is 125 cm³/mol. The lowest BCUT2D eigenvalue weighted by molar-refractivity contribution is -0.131. The van der Waals surface area contributed by atoms with Gasteiger partial charge < -0.3 is 14.4 Å². The number of rotatable bonds is 6. The highest BCUT2D eigenvalue weighted by Gasteiger charge is 2.25. The summed E-state index contributed by atoms with van der Waals surface area (Å²) in [6.07, 6.45) is 1.39. The van der Waals surface area contributed by atoms with E-state index in [0.717, 1.165) is 17.5 Å². The third-order valence-corrected chi connectivity index (χ3v) is 6.06. The molecular formula is C25H30N4O2. The maximum Gasteiger partial charge on any atom is 0.294 e. The van der Waals surface area contributed by atoms with Crippen molar-refractivity contribution in [1.82, 2.24) is 14.5 Å². The van der Waals surface area contributed by atoms with Gasteiger partial charge in [-0.25, -0.2) is 4.98 Å². The van der Waals surface area contributed by atoms with Crippen molar-refractivity contribution in [3.63, 3.8) is 0 Å². The Morgan fingerprint density at radius 2 is 1.68 bits per heavy atom. The first-order valence-electron chi connectivity index (χ1n) is 11.2. The first-order valence-corrected chi connectivity index (χ1v) is 11.2. The second-order valence-corrected chi connectivity index (χ2v) is 8.26. The Kier molecular flexibility index (Phi) is 6.35. The van der Waals surface area contributed by atoms with Gasteiger partial charge >= 0.3 is 0 Å². The lowest BCUT2D eigenvalue weighted by atomic mass is 9.97. The molecule has 2 aromatic carbocycles. The number of fused-ring (bicyclic) bond motifs is 1. The topological polar surface area (TPSA) is 58.4 Å². The summed E-state index contributed by atoms with van der Waals surface area (Å²) in [6, 6.07) is 18.0. The van der Waals surface area contributed by atoms with Crippen LogP contribution in [0.25, 0.3) is 11.0 Å². The summed E-state index contributed by atoms with van der Waals surface area (Å²) >= 11 is 0. The van der Waals surface area contributed by atoms with Crippen LogP contribution in [0.2, 0.25) is 0 Å². The van der Waals surface area contributed by atoms with Crippen LogP contribution < -0.4 is 10.5 Å². The zero-order valence-corrected chi connectivity index (χ0v) is 18.3. The molecule has 0 radical (unpaired) electrons. The van der Waals surface area contributed by atoms with Gasteiger partial charge in [-0.2, -0.15) is 0 Å². The van der Waals surface area contributed by atoms with Crippen LogP contribution in [0.15, 0.2) is 59.4 Å². The third kappa shape index (κ3) is 4.48. The van der Waals surface area contributed by atoms with E-state index < -0.39 is 0 Å². The fraction of sp³-hybridized carbons (Fsp3) is 0.400. The number of hydrogen-bond acceptors (Lipinski definition) is 4. The number of amides is 1. The van der Waals surface area contributed by atoms with Crippen molar-refractivity contribution in [3.05, 3.63) is 70.5 Å². The zero-order chi connectivity index (χ0) is 21.8. The number of hydrogen-bond donors (Lipinski definition) is 0. The summed E-state index contributed by atoms with van der Waals surface area (Å²) < 4.78 is 1.83. The molecule has 0 N–H and O–H groups in total. The van der Waals surface area contributed by atoms with Crippen LogP contribution >= 0.6 is 0 Å². The average molecular weight is 419 g/mol. The van der Waals surface area contributed by atoms with E-state index in [1.807, 2.05) is 56.8 Å². The average Bonchev–Trinajstić information content (AvgIpc) is 2.81. The van der Waals surface area contributed by atoms with Gasteiger partial charge in [-0.1, -0.05) is 56.3 Å². The largest absolute Gasteiger partial charge is 0.348 e. The maximum absolute atomic E-state index is 13.2. The second-order valence-electron chi connectivity index (χ2n) is 8.26. The van der Waals surface area contributed by atoms with E-state index in [2.05, 4.69) is 31.0 Å². The predicted octanol–water partition coefficient (Wildman–Crippen LogP) is 3.65. The molecule has 1 atom stereocenters. The summed E-state index contributed by atoms with van der Waals surface area (Å²) in [7, 11) is 0. The number of piperazine rings is 1. The van der Waals surface area contributed by atoms with E-state index in [1.165, 1.54) is 5.56 Å². The monoisotopic (exact) mass is 418 g/mol. The third-order valence-electron chi connectivity index (χ3n) is 6.06. The van der Waals surface area contributed by atoms with E-state index in [-0.39, 0.29) is 17.4 Å². The number of aryl methyl sites for hydroxylation is 1. The molecule has 0 aliphatic carbocycles. The molecule has 6 nitrogen and oxygen atoms in total. The summed E-state index contributed by atoms with van der Waals surface area (Å²) in [6.45, 7) is 7.31. The van der Waals surface area contributed by atoms with Crippen LogP contribution in [0.4, 0.5) is 5.82 Å². The Bertz CT molecular complexity index is 1100. The molecule has 1 aliphatic rings. The number of carbonyl (C=O) groups excluding carboxylic acids is 1. The Morgan fingerprint density at radius 1 is 1.00 bits per heavy atom. The minimum absolute atomic E-state index is 0.0435. The molecule has 2 heterocycles. The van der Waals surface area contributed by atoms with Crippen molar-refractivity contribution in [2.45, 2.75) is 39.2 Å². The van der Waals surface area contributed by atoms with Crippen molar-refractivity contribution in [1.29, 1.82) is 0 Å². The standard InChI is InChI=1S/C25H30N4O2/c1-3-13-29-22-12-8-7-11-21(22)26-24(25(29)31)28-16-14-27(15-17-28)23(30)18-19(2)20-9-5-4-6-10-20/h4-12,19H,3,13-18H2,1-2H3. The Labute approximate surface area is 183 Å². The van der Waals surface area contributed by atoms with Crippen LogP contribution in [-0.4, -0.2) is 46.5 Å². The Balaban J connectivity index is 1.46. The fourth-order valence-electron chi connectivity index (χ4n) is 4.29. The number of para-hydroxylation sites is 2. The van der Waals surface area contributed by atoms with Crippen LogP contribution in [0.3, 0.4) is 0 Å². The summed E-state index contributed by atoms with van der Waals surface area (Å²) in [4.78, 5) is 34.6. The van der Waals surface area contributed by atoms with Crippen molar-refractivity contribution in [2.75, 3.05) is 31.1 Å². The molecule has 3 aromatic rings. The molecule has 4 rings (SSSR count). The summed E-state index contributed by atoms with van der Waals surface area (Å²) in [5.74, 6) is 0.859. The SMILES string of the molecule is CCCn1c(=O)c(N2CCN(C(=O)CC(C)c3ccccc3)CC2)nc2ccccc21. The quantitative estimate of drug-likeness (QED) is 0.613. The lowest BCUT2D eigenvalue weighted by Crippen LogP contribution is -2.50. The van der Waals surface area contributed by atoms with Crippen LogP contribution in [-0.2, 0) is 11.3 Å². The van der Waals surface area contributed by atoms with E-state index in [1.54, 1.807) is 0 Å². The lowest BCUT2D eigenvalue weighted by Gasteiger charge is -2.35. The second kappa shape index (κ2) is 9.33. The molecule has 0 bridgehead atoms. The normalized spacial score (nSPS) is 15.3. The highest BCUT2D eigenvalue weighted by molar-refractivity contribution is 5.78. The van der Waals surface area contributed by atoms with E-state index in [0.29, 0.717) is 45.0 Å². The minimum Gasteiger partial charge on any atom is -0.348 e. The van der Waals surface area contributed by atoms with Gasteiger partial charge in [0, 0.05) is 39.1 Å². The number of benzene rings is 2. The molecular weight excluding hydrogens is 388 g/mol. The van der Waals surface area contributed by atoms with E-state index >= 15 is 0 Å². The molecule has 1 aromatic heterocycles. The van der Waals surface area contributed by atoms with Crippen LogP contribution in [0, 0.1) is 0 Å². The van der Waals surface area contributed by atoms with E-state index in [9.17, 15) is 9.59 Å². The number of nitrogens with zero attached hydrogens (tertiary/aromatic N) is 4. The molecule has 1 fully saturated rings.